The number of rotatable bonds is 5. The van der Waals surface area contributed by atoms with Gasteiger partial charge in [0.15, 0.2) is 0 Å². The van der Waals surface area contributed by atoms with Crippen molar-refractivity contribution in [1.29, 1.82) is 0 Å². The molecule has 0 spiro atoms. The summed E-state index contributed by atoms with van der Waals surface area (Å²) in [4.78, 5) is 21.7. The Labute approximate surface area is 149 Å². The third kappa shape index (κ3) is 3.12. The number of fused-ring (bicyclic) bond motifs is 1. The minimum Gasteiger partial charge on any atom is -0.494 e. The molecule has 3 N–H and O–H groups in total. The van der Waals surface area contributed by atoms with E-state index in [1.807, 2.05) is 23.6 Å². The van der Waals surface area contributed by atoms with Gasteiger partial charge in [-0.25, -0.2) is 4.98 Å². The SMILES string of the molecule is COc1ccc(C(=O)NCC2CCNC2)c2nc(-c3cccs3)[nH]c12. The lowest BCUT2D eigenvalue weighted by molar-refractivity contribution is 0.0949. The van der Waals surface area contributed by atoms with Gasteiger partial charge in [0.05, 0.1) is 17.6 Å². The lowest BCUT2D eigenvalue weighted by Gasteiger charge is -2.11. The Morgan fingerprint density at radius 1 is 1.44 bits per heavy atom. The molecule has 3 aromatic rings. The van der Waals surface area contributed by atoms with Crippen LogP contribution in [0.25, 0.3) is 21.7 Å². The third-order valence-corrected chi connectivity index (χ3v) is 5.42. The highest BCUT2D eigenvalue weighted by Crippen LogP contribution is 2.31. The van der Waals surface area contributed by atoms with Gasteiger partial charge in [-0.2, -0.15) is 0 Å². The minimum atomic E-state index is -0.0937. The first kappa shape index (κ1) is 16.1. The van der Waals surface area contributed by atoms with Crippen molar-refractivity contribution in [3.05, 3.63) is 35.2 Å². The van der Waals surface area contributed by atoms with E-state index in [9.17, 15) is 4.79 Å². The number of hydrogen-bond acceptors (Lipinski definition) is 5. The molecule has 1 unspecified atom stereocenters. The molecule has 1 aromatic carbocycles. The molecule has 4 rings (SSSR count). The zero-order valence-corrected chi connectivity index (χ0v) is 14.8. The van der Waals surface area contributed by atoms with Crippen LogP contribution in [0.2, 0.25) is 0 Å². The van der Waals surface area contributed by atoms with Crippen LogP contribution in [-0.4, -0.2) is 42.6 Å². The second-order valence-corrected chi connectivity index (χ2v) is 7.12. The maximum absolute atomic E-state index is 12.7. The van der Waals surface area contributed by atoms with Crippen LogP contribution < -0.4 is 15.4 Å². The predicted molar refractivity (Wildman–Crippen MR) is 99.3 cm³/mol. The Bertz CT molecular complexity index is 882. The number of carbonyl (C=O) groups is 1. The van der Waals surface area contributed by atoms with Gasteiger partial charge in [0.2, 0.25) is 0 Å². The average molecular weight is 356 g/mol. The van der Waals surface area contributed by atoms with E-state index in [4.69, 9.17) is 4.74 Å². The number of nitrogens with one attached hydrogen (secondary N) is 3. The molecule has 0 bridgehead atoms. The molecule has 1 aliphatic heterocycles. The maximum Gasteiger partial charge on any atom is 0.253 e. The van der Waals surface area contributed by atoms with Crippen molar-refractivity contribution in [2.24, 2.45) is 5.92 Å². The van der Waals surface area contributed by atoms with Crippen LogP contribution in [0.1, 0.15) is 16.8 Å². The monoisotopic (exact) mass is 356 g/mol. The highest BCUT2D eigenvalue weighted by atomic mass is 32.1. The smallest absolute Gasteiger partial charge is 0.253 e. The Balaban J connectivity index is 1.67. The number of imidazole rings is 1. The number of methoxy groups -OCH3 is 1. The second kappa shape index (κ2) is 6.85. The van der Waals surface area contributed by atoms with E-state index in [1.54, 1.807) is 24.5 Å². The van der Waals surface area contributed by atoms with Gasteiger partial charge in [0, 0.05) is 6.54 Å². The Morgan fingerprint density at radius 2 is 2.36 bits per heavy atom. The van der Waals surface area contributed by atoms with Crippen molar-refractivity contribution in [2.75, 3.05) is 26.7 Å². The molecule has 0 radical (unpaired) electrons. The number of amides is 1. The highest BCUT2D eigenvalue weighted by Gasteiger charge is 2.20. The number of nitrogens with zero attached hydrogens (tertiary/aromatic N) is 1. The fourth-order valence-electron chi connectivity index (χ4n) is 3.17. The van der Waals surface area contributed by atoms with Gasteiger partial charge >= 0.3 is 0 Å². The van der Waals surface area contributed by atoms with Gasteiger partial charge < -0.3 is 20.4 Å². The largest absolute Gasteiger partial charge is 0.494 e. The third-order valence-electron chi connectivity index (χ3n) is 4.54. The zero-order chi connectivity index (χ0) is 17.2. The van der Waals surface area contributed by atoms with E-state index in [0.717, 1.165) is 35.7 Å². The van der Waals surface area contributed by atoms with E-state index >= 15 is 0 Å². The van der Waals surface area contributed by atoms with Gasteiger partial charge in [-0.15, -0.1) is 11.3 Å². The van der Waals surface area contributed by atoms with Crippen molar-refractivity contribution in [3.63, 3.8) is 0 Å². The normalized spacial score (nSPS) is 17.1. The summed E-state index contributed by atoms with van der Waals surface area (Å²) < 4.78 is 5.43. The highest BCUT2D eigenvalue weighted by molar-refractivity contribution is 7.13. The first-order valence-corrected chi connectivity index (χ1v) is 9.23. The van der Waals surface area contributed by atoms with Gasteiger partial charge in [-0.3, -0.25) is 4.79 Å². The summed E-state index contributed by atoms with van der Waals surface area (Å²) in [5.74, 6) is 1.84. The molecule has 3 heterocycles. The molecule has 0 aliphatic carbocycles. The van der Waals surface area contributed by atoms with Crippen molar-refractivity contribution >= 4 is 28.3 Å². The van der Waals surface area contributed by atoms with Crippen molar-refractivity contribution in [3.8, 4) is 16.5 Å². The standard InChI is InChI=1S/C18H20N4O2S/c1-24-13-5-4-12(18(23)20-10-11-6-7-19-9-11)15-16(13)22-17(21-15)14-3-2-8-25-14/h2-5,8,11,19H,6-7,9-10H2,1H3,(H,20,23)(H,21,22). The van der Waals surface area contributed by atoms with Gasteiger partial charge in [-0.05, 0) is 49.0 Å². The molecule has 2 aromatic heterocycles. The van der Waals surface area contributed by atoms with E-state index in [2.05, 4.69) is 20.6 Å². The quantitative estimate of drug-likeness (QED) is 0.657. The molecule has 7 heteroatoms. The zero-order valence-electron chi connectivity index (χ0n) is 14.0. The van der Waals surface area contributed by atoms with Crippen LogP contribution in [0, 0.1) is 5.92 Å². The molecular weight excluding hydrogens is 336 g/mol. The molecule has 6 nitrogen and oxygen atoms in total. The molecule has 1 amide bonds. The van der Waals surface area contributed by atoms with E-state index in [-0.39, 0.29) is 5.91 Å². The van der Waals surface area contributed by atoms with Crippen LogP contribution in [0.3, 0.4) is 0 Å². The fourth-order valence-corrected chi connectivity index (χ4v) is 3.84. The van der Waals surface area contributed by atoms with Gasteiger partial charge in [0.1, 0.15) is 22.6 Å². The number of aromatic amines is 1. The predicted octanol–water partition coefficient (Wildman–Crippen LogP) is 2.64. The first-order chi connectivity index (χ1) is 12.3. The summed E-state index contributed by atoms with van der Waals surface area (Å²) in [7, 11) is 1.62. The first-order valence-electron chi connectivity index (χ1n) is 8.35. The number of carbonyl (C=O) groups excluding carboxylic acids is 1. The summed E-state index contributed by atoms with van der Waals surface area (Å²) in [5.41, 5.74) is 1.96. The fraction of sp³-hybridized carbons (Fsp3) is 0.333. The van der Waals surface area contributed by atoms with Crippen LogP contribution in [-0.2, 0) is 0 Å². The van der Waals surface area contributed by atoms with Crippen LogP contribution in [0.15, 0.2) is 29.6 Å². The lowest BCUT2D eigenvalue weighted by atomic mass is 10.1. The number of H-pyrrole nitrogens is 1. The van der Waals surface area contributed by atoms with Crippen molar-refractivity contribution in [1.82, 2.24) is 20.6 Å². The number of thiophene rings is 1. The van der Waals surface area contributed by atoms with Crippen LogP contribution >= 0.6 is 11.3 Å². The van der Waals surface area contributed by atoms with E-state index < -0.39 is 0 Å². The average Bonchev–Trinajstić information content (AvgIpc) is 3.39. The van der Waals surface area contributed by atoms with Gasteiger partial charge in [-0.1, -0.05) is 6.07 Å². The molecule has 1 aliphatic rings. The number of benzene rings is 1. The summed E-state index contributed by atoms with van der Waals surface area (Å²) in [5, 5.41) is 8.36. The molecule has 0 saturated carbocycles. The van der Waals surface area contributed by atoms with Crippen molar-refractivity contribution in [2.45, 2.75) is 6.42 Å². The topological polar surface area (TPSA) is 79.0 Å². The van der Waals surface area contributed by atoms with Crippen LogP contribution in [0.5, 0.6) is 5.75 Å². The summed E-state index contributed by atoms with van der Waals surface area (Å²) in [6.45, 7) is 2.67. The van der Waals surface area contributed by atoms with Crippen LogP contribution in [0.4, 0.5) is 0 Å². The Morgan fingerprint density at radius 3 is 3.08 bits per heavy atom. The Hall–Kier alpha value is -2.38. The molecule has 1 fully saturated rings. The summed E-state index contributed by atoms with van der Waals surface area (Å²) in [6, 6.07) is 7.57. The molecule has 25 heavy (non-hydrogen) atoms. The second-order valence-electron chi connectivity index (χ2n) is 6.17. The molecular formula is C18H20N4O2S. The number of hydrogen-bond donors (Lipinski definition) is 3. The van der Waals surface area contributed by atoms with E-state index in [1.165, 1.54) is 0 Å². The minimum absolute atomic E-state index is 0.0937. The van der Waals surface area contributed by atoms with Crippen molar-refractivity contribution < 1.29 is 9.53 Å². The maximum atomic E-state index is 12.7. The Kier molecular flexibility index (Phi) is 4.42. The molecule has 130 valence electrons. The molecule has 1 saturated heterocycles. The lowest BCUT2D eigenvalue weighted by Crippen LogP contribution is -2.30. The summed E-state index contributed by atoms with van der Waals surface area (Å²) in [6.07, 6.45) is 1.10. The van der Waals surface area contributed by atoms with E-state index in [0.29, 0.717) is 29.3 Å². The number of ether oxygens (including phenoxy) is 1. The molecule has 1 atom stereocenters. The summed E-state index contributed by atoms with van der Waals surface area (Å²) >= 11 is 1.60. The number of aromatic nitrogens is 2. The van der Waals surface area contributed by atoms with Gasteiger partial charge in [0.25, 0.3) is 5.91 Å².